The van der Waals surface area contributed by atoms with Crippen LogP contribution in [-0.4, -0.2) is 24.5 Å². The van der Waals surface area contributed by atoms with Crippen LogP contribution >= 0.6 is 11.6 Å². The monoisotopic (exact) mass is 319 g/mol. The predicted molar refractivity (Wildman–Crippen MR) is 87.5 cm³/mol. The fraction of sp³-hybridized carbons (Fsp3) is 0.250. The molecule has 1 amide bonds. The van der Waals surface area contributed by atoms with Crippen LogP contribution in [0.25, 0.3) is 0 Å². The molecule has 5 nitrogen and oxygen atoms in total. The van der Waals surface area contributed by atoms with Gasteiger partial charge in [-0.25, -0.2) is 4.98 Å². The van der Waals surface area contributed by atoms with Gasteiger partial charge in [-0.1, -0.05) is 23.7 Å². The fourth-order valence-corrected chi connectivity index (χ4v) is 2.37. The molecule has 1 aromatic carbocycles. The van der Waals surface area contributed by atoms with Crippen LogP contribution in [0, 0.1) is 0 Å². The number of halogens is 1. The van der Waals surface area contributed by atoms with Gasteiger partial charge in [0.05, 0.1) is 17.7 Å². The highest BCUT2D eigenvalue weighted by molar-refractivity contribution is 6.33. The summed E-state index contributed by atoms with van der Waals surface area (Å²) in [5.74, 6) is 0.901. The van der Waals surface area contributed by atoms with Crippen molar-refractivity contribution >= 4 is 23.3 Å². The second kappa shape index (κ2) is 7.13. The molecule has 0 aliphatic heterocycles. The lowest BCUT2D eigenvalue weighted by Gasteiger charge is -2.23. The molecule has 0 aliphatic rings. The van der Waals surface area contributed by atoms with Gasteiger partial charge in [0.25, 0.3) is 0 Å². The number of rotatable bonds is 6. The van der Waals surface area contributed by atoms with Crippen LogP contribution in [-0.2, 0) is 6.54 Å². The number of pyridine rings is 1. The molecule has 0 bridgehead atoms. The summed E-state index contributed by atoms with van der Waals surface area (Å²) in [5.41, 5.74) is 6.64. The minimum absolute atomic E-state index is 0.300. The summed E-state index contributed by atoms with van der Waals surface area (Å²) in [6, 6.07) is 9.35. The molecule has 0 aliphatic carbocycles. The van der Waals surface area contributed by atoms with Crippen molar-refractivity contribution in [2.45, 2.75) is 13.5 Å². The number of benzene rings is 1. The summed E-state index contributed by atoms with van der Waals surface area (Å²) in [7, 11) is 1.64. The number of methoxy groups -OCH3 is 1. The number of hydrogen-bond acceptors (Lipinski definition) is 4. The Morgan fingerprint density at radius 1 is 1.36 bits per heavy atom. The van der Waals surface area contributed by atoms with E-state index in [0.29, 0.717) is 22.9 Å². The first-order valence-electron chi connectivity index (χ1n) is 6.88. The van der Waals surface area contributed by atoms with Gasteiger partial charge in [-0.05, 0) is 30.7 Å². The van der Waals surface area contributed by atoms with Crippen LogP contribution in [0.5, 0.6) is 5.75 Å². The van der Waals surface area contributed by atoms with E-state index in [0.717, 1.165) is 17.9 Å². The molecule has 0 radical (unpaired) electrons. The van der Waals surface area contributed by atoms with E-state index in [4.69, 9.17) is 22.1 Å². The number of carbonyl (C=O) groups is 1. The summed E-state index contributed by atoms with van der Waals surface area (Å²) in [4.78, 5) is 17.4. The third-order valence-corrected chi connectivity index (χ3v) is 3.60. The molecule has 1 heterocycles. The Balaban J connectivity index is 2.22. The van der Waals surface area contributed by atoms with Crippen molar-refractivity contribution in [1.29, 1.82) is 0 Å². The van der Waals surface area contributed by atoms with E-state index >= 15 is 0 Å². The van der Waals surface area contributed by atoms with E-state index < -0.39 is 5.91 Å². The number of primary amides is 1. The molecule has 0 fully saturated rings. The van der Waals surface area contributed by atoms with Gasteiger partial charge in [0.2, 0.25) is 5.91 Å². The fourth-order valence-electron chi connectivity index (χ4n) is 2.09. The zero-order chi connectivity index (χ0) is 16.1. The smallest absolute Gasteiger partial charge is 0.250 e. The lowest BCUT2D eigenvalue weighted by molar-refractivity contribution is 0.1000. The number of amides is 1. The molecule has 22 heavy (non-hydrogen) atoms. The van der Waals surface area contributed by atoms with Gasteiger partial charge in [0, 0.05) is 19.3 Å². The average Bonchev–Trinajstić information content (AvgIpc) is 2.53. The molecule has 0 spiro atoms. The quantitative estimate of drug-likeness (QED) is 0.889. The first kappa shape index (κ1) is 16.1. The standard InChI is InChI=1S/C16H18ClN3O2/c1-3-20(10-11-4-6-13(22-2)7-5-11)16-14(17)8-12(9-19-16)15(18)21/h4-9H,3,10H2,1-2H3,(H2,18,21). The molecule has 0 saturated heterocycles. The zero-order valence-electron chi connectivity index (χ0n) is 12.5. The molecular weight excluding hydrogens is 302 g/mol. The van der Waals surface area contributed by atoms with E-state index in [1.807, 2.05) is 36.1 Å². The summed E-state index contributed by atoms with van der Waals surface area (Å²) in [6.07, 6.45) is 1.44. The van der Waals surface area contributed by atoms with Gasteiger partial charge in [0.15, 0.2) is 0 Å². The van der Waals surface area contributed by atoms with Gasteiger partial charge in [-0.3, -0.25) is 4.79 Å². The first-order valence-corrected chi connectivity index (χ1v) is 7.26. The molecule has 2 N–H and O–H groups in total. The Kier molecular flexibility index (Phi) is 5.22. The summed E-state index contributed by atoms with van der Waals surface area (Å²) < 4.78 is 5.15. The second-order valence-corrected chi connectivity index (χ2v) is 5.16. The Labute approximate surface area is 134 Å². The van der Waals surface area contributed by atoms with Crippen molar-refractivity contribution < 1.29 is 9.53 Å². The maximum absolute atomic E-state index is 11.2. The van der Waals surface area contributed by atoms with Crippen LogP contribution in [0.15, 0.2) is 36.5 Å². The molecule has 6 heteroatoms. The van der Waals surface area contributed by atoms with Gasteiger partial charge in [0.1, 0.15) is 11.6 Å². The van der Waals surface area contributed by atoms with Crippen LogP contribution in [0.1, 0.15) is 22.8 Å². The summed E-state index contributed by atoms with van der Waals surface area (Å²) in [5, 5.41) is 0.409. The maximum atomic E-state index is 11.2. The van der Waals surface area contributed by atoms with E-state index in [9.17, 15) is 4.79 Å². The third kappa shape index (κ3) is 3.68. The largest absolute Gasteiger partial charge is 0.497 e. The lowest BCUT2D eigenvalue weighted by Crippen LogP contribution is -2.24. The van der Waals surface area contributed by atoms with E-state index in [1.165, 1.54) is 6.20 Å². The van der Waals surface area contributed by atoms with E-state index in [1.54, 1.807) is 13.2 Å². The molecule has 116 valence electrons. The molecule has 2 rings (SSSR count). The topological polar surface area (TPSA) is 68.4 Å². The highest BCUT2D eigenvalue weighted by Crippen LogP contribution is 2.25. The van der Waals surface area contributed by atoms with Crippen molar-refractivity contribution in [3.05, 3.63) is 52.7 Å². The Bertz CT molecular complexity index is 659. The number of hydrogen-bond donors (Lipinski definition) is 1. The Morgan fingerprint density at radius 2 is 2.05 bits per heavy atom. The number of nitrogens with two attached hydrogens (primary N) is 1. The molecule has 0 unspecified atom stereocenters. The predicted octanol–water partition coefficient (Wildman–Crippen LogP) is 2.87. The number of ether oxygens (including phenoxy) is 1. The van der Waals surface area contributed by atoms with Gasteiger partial charge in [-0.15, -0.1) is 0 Å². The SMILES string of the molecule is CCN(Cc1ccc(OC)cc1)c1ncc(C(N)=O)cc1Cl. The molecular formula is C16H18ClN3O2. The molecule has 1 aromatic heterocycles. The average molecular weight is 320 g/mol. The van der Waals surface area contributed by atoms with Crippen molar-refractivity contribution in [3.8, 4) is 5.75 Å². The van der Waals surface area contributed by atoms with Gasteiger partial charge >= 0.3 is 0 Å². The minimum atomic E-state index is -0.542. The van der Waals surface area contributed by atoms with Crippen LogP contribution in [0.4, 0.5) is 5.82 Å². The summed E-state index contributed by atoms with van der Waals surface area (Å²) >= 11 is 6.23. The van der Waals surface area contributed by atoms with Crippen molar-refractivity contribution in [2.75, 3.05) is 18.6 Å². The molecule has 0 saturated carbocycles. The Morgan fingerprint density at radius 3 is 2.55 bits per heavy atom. The number of anilines is 1. The zero-order valence-corrected chi connectivity index (χ0v) is 13.3. The molecule has 0 atom stereocenters. The highest BCUT2D eigenvalue weighted by Gasteiger charge is 2.13. The maximum Gasteiger partial charge on any atom is 0.250 e. The third-order valence-electron chi connectivity index (χ3n) is 3.32. The first-order chi connectivity index (χ1) is 10.5. The van der Waals surface area contributed by atoms with E-state index in [-0.39, 0.29) is 0 Å². The van der Waals surface area contributed by atoms with Crippen LogP contribution in [0.2, 0.25) is 5.02 Å². The van der Waals surface area contributed by atoms with Crippen molar-refractivity contribution in [1.82, 2.24) is 4.98 Å². The lowest BCUT2D eigenvalue weighted by atomic mass is 10.2. The van der Waals surface area contributed by atoms with Crippen LogP contribution in [0.3, 0.4) is 0 Å². The van der Waals surface area contributed by atoms with Gasteiger partial charge in [-0.2, -0.15) is 0 Å². The minimum Gasteiger partial charge on any atom is -0.497 e. The second-order valence-electron chi connectivity index (χ2n) is 4.76. The normalized spacial score (nSPS) is 10.3. The molecule has 2 aromatic rings. The highest BCUT2D eigenvalue weighted by atomic mass is 35.5. The Hall–Kier alpha value is -2.27. The summed E-state index contributed by atoms with van der Waals surface area (Å²) in [6.45, 7) is 3.40. The number of carbonyl (C=O) groups excluding carboxylic acids is 1. The number of nitrogens with zero attached hydrogens (tertiary/aromatic N) is 2. The van der Waals surface area contributed by atoms with Crippen molar-refractivity contribution in [2.24, 2.45) is 5.73 Å². The van der Waals surface area contributed by atoms with Crippen LogP contribution < -0.4 is 15.4 Å². The van der Waals surface area contributed by atoms with Gasteiger partial charge < -0.3 is 15.4 Å². The van der Waals surface area contributed by atoms with E-state index in [2.05, 4.69) is 4.98 Å². The number of aromatic nitrogens is 1. The van der Waals surface area contributed by atoms with Crippen molar-refractivity contribution in [3.63, 3.8) is 0 Å².